The highest BCUT2D eigenvalue weighted by molar-refractivity contribution is 4.91. The van der Waals surface area contributed by atoms with E-state index in [0.717, 1.165) is 32.3 Å². The van der Waals surface area contributed by atoms with Crippen molar-refractivity contribution in [3.05, 3.63) is 0 Å². The Hall–Kier alpha value is -0.160. The van der Waals surface area contributed by atoms with Crippen molar-refractivity contribution in [1.82, 2.24) is 15.1 Å². The van der Waals surface area contributed by atoms with Crippen LogP contribution in [0.15, 0.2) is 0 Å². The SMILES string of the molecule is CCNCC1(CN2CCN(C3CC3)CC2)CCCOC1. The molecular formula is C16H31N3O. The van der Waals surface area contributed by atoms with Gasteiger partial charge < -0.3 is 15.0 Å². The van der Waals surface area contributed by atoms with E-state index in [1.165, 1.54) is 58.4 Å². The van der Waals surface area contributed by atoms with Gasteiger partial charge in [-0.2, -0.15) is 0 Å². The van der Waals surface area contributed by atoms with Crippen molar-refractivity contribution >= 4 is 0 Å². The van der Waals surface area contributed by atoms with Gasteiger partial charge in [-0.3, -0.25) is 4.90 Å². The molecule has 1 atom stereocenters. The fraction of sp³-hybridized carbons (Fsp3) is 1.00. The molecular weight excluding hydrogens is 250 g/mol. The molecule has 0 bridgehead atoms. The van der Waals surface area contributed by atoms with E-state index in [9.17, 15) is 0 Å². The van der Waals surface area contributed by atoms with Gasteiger partial charge in [-0.25, -0.2) is 0 Å². The van der Waals surface area contributed by atoms with E-state index in [0.29, 0.717) is 5.41 Å². The second kappa shape index (κ2) is 6.73. The van der Waals surface area contributed by atoms with Crippen molar-refractivity contribution in [2.45, 2.75) is 38.6 Å². The fourth-order valence-electron chi connectivity index (χ4n) is 3.82. The molecule has 3 rings (SSSR count). The number of hydrogen-bond acceptors (Lipinski definition) is 4. The first kappa shape index (κ1) is 14.8. The Kier molecular flexibility index (Phi) is 4.97. The van der Waals surface area contributed by atoms with Crippen LogP contribution in [0.1, 0.15) is 32.6 Å². The molecule has 20 heavy (non-hydrogen) atoms. The minimum Gasteiger partial charge on any atom is -0.381 e. The Morgan fingerprint density at radius 2 is 2.00 bits per heavy atom. The minimum atomic E-state index is 0.357. The number of rotatable bonds is 6. The van der Waals surface area contributed by atoms with Crippen LogP contribution in [0.3, 0.4) is 0 Å². The van der Waals surface area contributed by atoms with E-state index in [1.54, 1.807) is 0 Å². The van der Waals surface area contributed by atoms with Gasteiger partial charge in [0.2, 0.25) is 0 Å². The minimum absolute atomic E-state index is 0.357. The van der Waals surface area contributed by atoms with Crippen molar-refractivity contribution in [3.8, 4) is 0 Å². The largest absolute Gasteiger partial charge is 0.381 e. The first-order valence-electron chi connectivity index (χ1n) is 8.56. The normalized spacial score (nSPS) is 33.5. The van der Waals surface area contributed by atoms with Gasteiger partial charge in [0, 0.05) is 57.3 Å². The van der Waals surface area contributed by atoms with Crippen LogP contribution in [0, 0.1) is 5.41 Å². The Labute approximate surface area is 123 Å². The maximum Gasteiger partial charge on any atom is 0.0546 e. The topological polar surface area (TPSA) is 27.7 Å². The first-order valence-corrected chi connectivity index (χ1v) is 8.56. The maximum absolute atomic E-state index is 5.82. The highest BCUT2D eigenvalue weighted by atomic mass is 16.5. The zero-order valence-electron chi connectivity index (χ0n) is 13.1. The summed E-state index contributed by atoms with van der Waals surface area (Å²) in [5.41, 5.74) is 0.357. The predicted molar refractivity (Wildman–Crippen MR) is 82.1 cm³/mol. The molecule has 116 valence electrons. The molecule has 1 saturated carbocycles. The van der Waals surface area contributed by atoms with Gasteiger partial charge >= 0.3 is 0 Å². The summed E-state index contributed by atoms with van der Waals surface area (Å²) in [7, 11) is 0. The van der Waals surface area contributed by atoms with Crippen LogP contribution in [0.5, 0.6) is 0 Å². The average molecular weight is 281 g/mol. The lowest BCUT2D eigenvalue weighted by molar-refractivity contribution is -0.0329. The Morgan fingerprint density at radius 1 is 1.20 bits per heavy atom. The summed E-state index contributed by atoms with van der Waals surface area (Å²) in [4.78, 5) is 5.38. The number of ether oxygens (including phenoxy) is 1. The molecule has 3 fully saturated rings. The molecule has 0 amide bonds. The molecule has 1 aliphatic carbocycles. The molecule has 0 aromatic heterocycles. The van der Waals surface area contributed by atoms with Gasteiger partial charge in [-0.15, -0.1) is 0 Å². The fourth-order valence-corrected chi connectivity index (χ4v) is 3.82. The summed E-state index contributed by atoms with van der Waals surface area (Å²) in [5.74, 6) is 0. The van der Waals surface area contributed by atoms with E-state index >= 15 is 0 Å². The molecule has 3 aliphatic rings. The summed E-state index contributed by atoms with van der Waals surface area (Å²) in [6, 6.07) is 0.936. The van der Waals surface area contributed by atoms with Crippen LogP contribution in [0.4, 0.5) is 0 Å². The van der Waals surface area contributed by atoms with Gasteiger partial charge in [0.25, 0.3) is 0 Å². The third-order valence-electron chi connectivity index (χ3n) is 5.18. The average Bonchev–Trinajstić information content (AvgIpc) is 3.32. The lowest BCUT2D eigenvalue weighted by Crippen LogP contribution is -2.54. The second-order valence-corrected chi connectivity index (χ2v) is 6.98. The Balaban J connectivity index is 1.50. The summed E-state index contributed by atoms with van der Waals surface area (Å²) in [6.45, 7) is 12.6. The number of hydrogen-bond donors (Lipinski definition) is 1. The molecule has 2 saturated heterocycles. The molecule has 4 heteroatoms. The molecule has 1 N–H and O–H groups in total. The van der Waals surface area contributed by atoms with Gasteiger partial charge in [-0.05, 0) is 32.2 Å². The Morgan fingerprint density at radius 3 is 2.60 bits per heavy atom. The van der Waals surface area contributed by atoms with E-state index in [2.05, 4.69) is 22.0 Å². The summed E-state index contributed by atoms with van der Waals surface area (Å²) < 4.78 is 5.82. The monoisotopic (exact) mass is 281 g/mol. The zero-order chi connectivity index (χ0) is 13.8. The smallest absolute Gasteiger partial charge is 0.0546 e. The number of nitrogens with one attached hydrogen (secondary N) is 1. The van der Waals surface area contributed by atoms with Crippen molar-refractivity contribution < 1.29 is 4.74 Å². The highest BCUT2D eigenvalue weighted by Gasteiger charge is 2.37. The molecule has 0 spiro atoms. The Bertz CT molecular complexity index is 292. The van der Waals surface area contributed by atoms with E-state index < -0.39 is 0 Å². The van der Waals surface area contributed by atoms with Crippen LogP contribution in [0.25, 0.3) is 0 Å². The summed E-state index contributed by atoms with van der Waals surface area (Å²) in [6.07, 6.45) is 5.44. The first-order chi connectivity index (χ1) is 9.81. The number of nitrogens with zero attached hydrogens (tertiary/aromatic N) is 2. The standard InChI is InChI=1S/C16H31N3O/c1-2-17-12-16(6-3-11-20-14-16)13-18-7-9-19(10-8-18)15-4-5-15/h15,17H,2-14H2,1H3. The summed E-state index contributed by atoms with van der Waals surface area (Å²) >= 11 is 0. The second-order valence-electron chi connectivity index (χ2n) is 6.98. The quantitative estimate of drug-likeness (QED) is 0.791. The molecule has 4 nitrogen and oxygen atoms in total. The molecule has 0 aromatic carbocycles. The molecule has 2 aliphatic heterocycles. The number of piperazine rings is 1. The molecule has 0 aromatic rings. The van der Waals surface area contributed by atoms with E-state index in [-0.39, 0.29) is 0 Å². The van der Waals surface area contributed by atoms with Crippen LogP contribution >= 0.6 is 0 Å². The van der Waals surface area contributed by atoms with Gasteiger partial charge in [-0.1, -0.05) is 6.92 Å². The lowest BCUT2D eigenvalue weighted by atomic mass is 9.81. The lowest BCUT2D eigenvalue weighted by Gasteiger charge is -2.43. The van der Waals surface area contributed by atoms with Crippen LogP contribution in [0.2, 0.25) is 0 Å². The maximum atomic E-state index is 5.82. The van der Waals surface area contributed by atoms with Gasteiger partial charge in [0.05, 0.1) is 6.61 Å². The van der Waals surface area contributed by atoms with E-state index in [4.69, 9.17) is 4.74 Å². The molecule has 2 heterocycles. The third kappa shape index (κ3) is 3.73. The van der Waals surface area contributed by atoms with Crippen LogP contribution in [-0.4, -0.2) is 74.9 Å². The molecule has 1 unspecified atom stereocenters. The zero-order valence-corrected chi connectivity index (χ0v) is 13.1. The van der Waals surface area contributed by atoms with Crippen molar-refractivity contribution in [2.24, 2.45) is 5.41 Å². The predicted octanol–water partition coefficient (Wildman–Crippen LogP) is 1.17. The van der Waals surface area contributed by atoms with Crippen molar-refractivity contribution in [2.75, 3.05) is 59.0 Å². The summed E-state index contributed by atoms with van der Waals surface area (Å²) in [5, 5.41) is 3.57. The van der Waals surface area contributed by atoms with Gasteiger partial charge in [0.1, 0.15) is 0 Å². The van der Waals surface area contributed by atoms with Crippen molar-refractivity contribution in [3.63, 3.8) is 0 Å². The third-order valence-corrected chi connectivity index (χ3v) is 5.18. The van der Waals surface area contributed by atoms with Gasteiger partial charge in [0.15, 0.2) is 0 Å². The van der Waals surface area contributed by atoms with Crippen LogP contribution in [-0.2, 0) is 4.74 Å². The molecule has 0 radical (unpaired) electrons. The van der Waals surface area contributed by atoms with E-state index in [1.807, 2.05) is 0 Å². The highest BCUT2D eigenvalue weighted by Crippen LogP contribution is 2.31. The van der Waals surface area contributed by atoms with Crippen molar-refractivity contribution in [1.29, 1.82) is 0 Å². The van der Waals surface area contributed by atoms with Crippen LogP contribution < -0.4 is 5.32 Å².